The van der Waals surface area contributed by atoms with Gasteiger partial charge in [0.15, 0.2) is 0 Å². The number of benzene rings is 2. The molecule has 1 aromatic heterocycles. The van der Waals surface area contributed by atoms with Crippen LogP contribution in [0.5, 0.6) is 5.75 Å². The standard InChI is InChI=1S/C24H28N2O3/c1-12(2)16-9-14(10-17(13(3)4)23(16)27)21-22-18(11-20(26-21)24(28)29)15-7-5-6-8-19(15)25-22/h5-10,12-13,20-21,25-27H,11H2,1-4H3,(H,28,29)/t20-,21+/m1/s1. The zero-order chi connectivity index (χ0) is 20.9. The zero-order valence-electron chi connectivity index (χ0n) is 17.3. The minimum atomic E-state index is -0.849. The fraction of sp³-hybridized carbons (Fsp3) is 0.375. The maximum atomic E-state index is 11.9. The van der Waals surface area contributed by atoms with Crippen molar-refractivity contribution >= 4 is 16.9 Å². The number of aromatic amines is 1. The third-order valence-corrected chi connectivity index (χ3v) is 5.98. The number of aromatic hydroxyl groups is 1. The lowest BCUT2D eigenvalue weighted by Crippen LogP contribution is -2.45. The van der Waals surface area contributed by atoms with Gasteiger partial charge < -0.3 is 15.2 Å². The summed E-state index contributed by atoms with van der Waals surface area (Å²) in [6.07, 6.45) is 0.442. The van der Waals surface area contributed by atoms with Gasteiger partial charge in [0.25, 0.3) is 0 Å². The Balaban J connectivity index is 1.94. The summed E-state index contributed by atoms with van der Waals surface area (Å²) in [6.45, 7) is 8.24. The lowest BCUT2D eigenvalue weighted by Gasteiger charge is -2.31. The summed E-state index contributed by atoms with van der Waals surface area (Å²) < 4.78 is 0. The maximum Gasteiger partial charge on any atom is 0.321 e. The van der Waals surface area contributed by atoms with E-state index >= 15 is 0 Å². The lowest BCUT2D eigenvalue weighted by molar-refractivity contribution is -0.139. The van der Waals surface area contributed by atoms with Crippen molar-refractivity contribution in [2.24, 2.45) is 0 Å². The fourth-order valence-electron chi connectivity index (χ4n) is 4.41. The van der Waals surface area contributed by atoms with E-state index in [1.807, 2.05) is 36.4 Å². The molecule has 29 heavy (non-hydrogen) atoms. The molecule has 0 aliphatic carbocycles. The summed E-state index contributed by atoms with van der Waals surface area (Å²) in [6, 6.07) is 11.1. The van der Waals surface area contributed by atoms with Gasteiger partial charge in [-0.2, -0.15) is 0 Å². The second kappa shape index (κ2) is 7.23. The van der Waals surface area contributed by atoms with Gasteiger partial charge >= 0.3 is 5.97 Å². The average molecular weight is 392 g/mol. The number of fused-ring (bicyclic) bond motifs is 3. The lowest BCUT2D eigenvalue weighted by atomic mass is 9.85. The molecule has 0 saturated carbocycles. The molecular formula is C24H28N2O3. The van der Waals surface area contributed by atoms with Crippen LogP contribution in [0.3, 0.4) is 0 Å². The normalized spacial score (nSPS) is 19.1. The summed E-state index contributed by atoms with van der Waals surface area (Å²) in [5.74, 6) is -0.180. The molecule has 4 rings (SSSR count). The van der Waals surface area contributed by atoms with Gasteiger partial charge in [0.1, 0.15) is 11.8 Å². The molecule has 2 aromatic carbocycles. The Kier molecular flexibility index (Phi) is 4.87. The first-order valence-corrected chi connectivity index (χ1v) is 10.2. The van der Waals surface area contributed by atoms with E-state index in [1.54, 1.807) is 0 Å². The van der Waals surface area contributed by atoms with E-state index in [4.69, 9.17) is 0 Å². The number of carboxylic acid groups (broad SMARTS) is 1. The molecule has 152 valence electrons. The Labute approximate surface area is 170 Å². The molecule has 5 nitrogen and oxygen atoms in total. The van der Waals surface area contributed by atoms with E-state index in [0.29, 0.717) is 12.2 Å². The van der Waals surface area contributed by atoms with Gasteiger partial charge in [-0.3, -0.25) is 10.1 Å². The summed E-state index contributed by atoms with van der Waals surface area (Å²) >= 11 is 0. The third-order valence-electron chi connectivity index (χ3n) is 5.98. The Morgan fingerprint density at radius 3 is 2.28 bits per heavy atom. The number of nitrogens with one attached hydrogen (secondary N) is 2. The first-order valence-electron chi connectivity index (χ1n) is 10.2. The quantitative estimate of drug-likeness (QED) is 0.513. The van der Waals surface area contributed by atoms with Crippen LogP contribution in [0.2, 0.25) is 0 Å². The molecule has 0 bridgehead atoms. The second-order valence-electron chi connectivity index (χ2n) is 8.61. The molecule has 4 N–H and O–H groups in total. The molecule has 0 saturated heterocycles. The highest BCUT2D eigenvalue weighted by molar-refractivity contribution is 5.87. The van der Waals surface area contributed by atoms with E-state index in [-0.39, 0.29) is 17.9 Å². The molecule has 0 unspecified atom stereocenters. The average Bonchev–Trinajstić information content (AvgIpc) is 3.05. The highest BCUT2D eigenvalue weighted by atomic mass is 16.4. The Bertz CT molecular complexity index is 1050. The summed E-state index contributed by atoms with van der Waals surface area (Å²) in [7, 11) is 0. The van der Waals surface area contributed by atoms with E-state index in [2.05, 4.69) is 38.0 Å². The van der Waals surface area contributed by atoms with Crippen LogP contribution < -0.4 is 5.32 Å². The summed E-state index contributed by atoms with van der Waals surface area (Å²) in [5, 5.41) is 24.9. The molecule has 3 aromatic rings. The number of carboxylic acids is 1. The smallest absolute Gasteiger partial charge is 0.321 e. The van der Waals surface area contributed by atoms with Gasteiger partial charge in [-0.15, -0.1) is 0 Å². The van der Waals surface area contributed by atoms with E-state index in [0.717, 1.165) is 38.9 Å². The number of carbonyl (C=O) groups is 1. The van der Waals surface area contributed by atoms with Crippen molar-refractivity contribution in [2.45, 2.75) is 58.0 Å². The van der Waals surface area contributed by atoms with Crippen LogP contribution in [0.25, 0.3) is 10.9 Å². The number of hydrogen-bond donors (Lipinski definition) is 4. The molecule has 2 atom stereocenters. The van der Waals surface area contributed by atoms with Crippen molar-refractivity contribution in [3.63, 3.8) is 0 Å². The predicted octanol–water partition coefficient (Wildman–Crippen LogP) is 4.81. The van der Waals surface area contributed by atoms with Crippen molar-refractivity contribution in [1.29, 1.82) is 0 Å². The van der Waals surface area contributed by atoms with Gasteiger partial charge in [0, 0.05) is 23.0 Å². The van der Waals surface area contributed by atoms with Gasteiger partial charge in [-0.05, 0) is 52.3 Å². The molecule has 0 fully saturated rings. The molecule has 0 radical (unpaired) electrons. The Morgan fingerprint density at radius 2 is 1.69 bits per heavy atom. The third kappa shape index (κ3) is 3.29. The van der Waals surface area contributed by atoms with Crippen molar-refractivity contribution in [3.8, 4) is 5.75 Å². The van der Waals surface area contributed by atoms with Crippen LogP contribution in [0, 0.1) is 0 Å². The SMILES string of the molecule is CC(C)c1cc([C@@H]2N[C@@H](C(=O)O)Cc3c2[nH]c2ccccc32)cc(C(C)C)c1O. The maximum absolute atomic E-state index is 11.9. The van der Waals surface area contributed by atoms with Crippen LogP contribution in [-0.2, 0) is 11.2 Å². The first kappa shape index (κ1) is 19.5. The topological polar surface area (TPSA) is 85.4 Å². The fourth-order valence-corrected chi connectivity index (χ4v) is 4.41. The van der Waals surface area contributed by atoms with Gasteiger partial charge in [-0.1, -0.05) is 45.9 Å². The van der Waals surface area contributed by atoms with Crippen molar-refractivity contribution in [2.75, 3.05) is 0 Å². The molecule has 0 spiro atoms. The van der Waals surface area contributed by atoms with Crippen molar-refractivity contribution < 1.29 is 15.0 Å². The number of phenols is 1. The largest absolute Gasteiger partial charge is 0.507 e. The van der Waals surface area contributed by atoms with Crippen LogP contribution >= 0.6 is 0 Å². The van der Waals surface area contributed by atoms with Crippen molar-refractivity contribution in [1.82, 2.24) is 10.3 Å². The molecule has 1 aliphatic rings. The molecular weight excluding hydrogens is 364 g/mol. The van der Waals surface area contributed by atoms with E-state index < -0.39 is 12.0 Å². The minimum Gasteiger partial charge on any atom is -0.507 e. The number of H-pyrrole nitrogens is 1. The van der Waals surface area contributed by atoms with Gasteiger partial charge in [0.05, 0.1) is 6.04 Å². The summed E-state index contributed by atoms with van der Waals surface area (Å²) in [5.41, 5.74) is 5.85. The highest BCUT2D eigenvalue weighted by Gasteiger charge is 2.34. The Hall–Kier alpha value is -2.79. The number of para-hydroxylation sites is 1. The number of phenolic OH excluding ortho intramolecular Hbond substituents is 1. The summed E-state index contributed by atoms with van der Waals surface area (Å²) in [4.78, 5) is 15.4. The highest BCUT2D eigenvalue weighted by Crippen LogP contribution is 2.40. The monoisotopic (exact) mass is 392 g/mol. The van der Waals surface area contributed by atoms with Crippen LogP contribution in [-0.4, -0.2) is 27.2 Å². The second-order valence-corrected chi connectivity index (χ2v) is 8.61. The van der Waals surface area contributed by atoms with Crippen LogP contribution in [0.15, 0.2) is 36.4 Å². The van der Waals surface area contributed by atoms with E-state index in [9.17, 15) is 15.0 Å². The molecule has 2 heterocycles. The number of hydrogen-bond acceptors (Lipinski definition) is 3. The molecule has 0 amide bonds. The number of rotatable bonds is 4. The molecule has 1 aliphatic heterocycles. The first-order chi connectivity index (χ1) is 13.8. The van der Waals surface area contributed by atoms with Gasteiger partial charge in [0.2, 0.25) is 0 Å². The van der Waals surface area contributed by atoms with Crippen LogP contribution in [0.4, 0.5) is 0 Å². The molecule has 5 heteroatoms. The van der Waals surface area contributed by atoms with E-state index in [1.165, 1.54) is 0 Å². The van der Waals surface area contributed by atoms with Crippen molar-refractivity contribution in [3.05, 3.63) is 64.3 Å². The number of aliphatic carboxylic acids is 1. The van der Waals surface area contributed by atoms with Crippen LogP contribution in [0.1, 0.15) is 73.5 Å². The van der Waals surface area contributed by atoms with Gasteiger partial charge in [-0.25, -0.2) is 0 Å². The predicted molar refractivity (Wildman–Crippen MR) is 115 cm³/mol. The minimum absolute atomic E-state index is 0.161. The Morgan fingerprint density at radius 1 is 1.07 bits per heavy atom. The zero-order valence-corrected chi connectivity index (χ0v) is 17.3. The number of aromatic nitrogens is 1.